The van der Waals surface area contributed by atoms with Crippen LogP contribution in [0.2, 0.25) is 0 Å². The number of rotatable bonds is 4. The number of ketones is 1. The Morgan fingerprint density at radius 1 is 1.33 bits per heavy atom. The van der Waals surface area contributed by atoms with Gasteiger partial charge >= 0.3 is 0 Å². The van der Waals surface area contributed by atoms with Crippen LogP contribution in [0.3, 0.4) is 0 Å². The van der Waals surface area contributed by atoms with Crippen LogP contribution in [0.25, 0.3) is 0 Å². The van der Waals surface area contributed by atoms with Gasteiger partial charge in [-0.15, -0.1) is 0 Å². The quantitative estimate of drug-likeness (QED) is 0.751. The molecule has 0 aliphatic heterocycles. The van der Waals surface area contributed by atoms with Crippen LogP contribution in [0.15, 0.2) is 30.3 Å². The summed E-state index contributed by atoms with van der Waals surface area (Å²) in [5.41, 5.74) is 0.969. The highest BCUT2D eigenvalue weighted by Gasteiger charge is 2.27. The molecular weight excluding hydrogens is 252 g/mol. The van der Waals surface area contributed by atoms with E-state index in [1.807, 2.05) is 32.0 Å². The Morgan fingerprint density at radius 2 is 1.87 bits per heavy atom. The molecule has 0 saturated heterocycles. The fraction of sp³-hybridized carbons (Fsp3) is 0.462. The molecule has 0 N–H and O–H groups in total. The van der Waals surface area contributed by atoms with Crippen molar-refractivity contribution in [2.24, 2.45) is 5.41 Å². The van der Waals surface area contributed by atoms with Gasteiger partial charge in [0, 0.05) is 10.2 Å². The zero-order valence-corrected chi connectivity index (χ0v) is 11.0. The van der Waals surface area contributed by atoms with Crippen LogP contribution in [0, 0.1) is 5.41 Å². The van der Waals surface area contributed by atoms with Crippen molar-refractivity contribution in [2.75, 3.05) is 0 Å². The van der Waals surface area contributed by atoms with Gasteiger partial charge in [0.1, 0.15) is 5.78 Å². The number of Topliss-reactive ketones (excluding diaryl/α,β-unsaturated/α-hetero) is 1. The third kappa shape index (κ3) is 3.45. The fourth-order valence-corrected chi connectivity index (χ4v) is 2.49. The van der Waals surface area contributed by atoms with Gasteiger partial charge in [-0.2, -0.15) is 0 Å². The van der Waals surface area contributed by atoms with Crippen molar-refractivity contribution < 1.29 is 4.79 Å². The summed E-state index contributed by atoms with van der Waals surface area (Å²) in [6.45, 7) is 5.64. The zero-order chi connectivity index (χ0) is 11.5. The Labute approximate surface area is 100 Å². The lowest BCUT2D eigenvalue weighted by molar-refractivity contribution is -0.125. The van der Waals surface area contributed by atoms with Gasteiger partial charge in [0.25, 0.3) is 0 Å². The number of carbonyl (C=O) groups excluding carboxylic acids is 1. The van der Waals surface area contributed by atoms with Gasteiger partial charge in [0.15, 0.2) is 0 Å². The molecule has 1 nitrogen and oxygen atoms in total. The first-order chi connectivity index (χ1) is 6.93. The van der Waals surface area contributed by atoms with E-state index in [1.165, 1.54) is 5.56 Å². The number of benzene rings is 1. The van der Waals surface area contributed by atoms with Gasteiger partial charge in [-0.1, -0.05) is 60.1 Å². The van der Waals surface area contributed by atoms with E-state index in [1.54, 1.807) is 6.92 Å². The topological polar surface area (TPSA) is 17.1 Å². The third-order valence-electron chi connectivity index (χ3n) is 2.80. The second kappa shape index (κ2) is 4.93. The lowest BCUT2D eigenvalue weighted by atomic mass is 9.83. The molecule has 2 heteroatoms. The SMILES string of the molecule is CC(=O)C(C)(C)CC(Br)c1ccccc1. The number of alkyl halides is 1. The minimum atomic E-state index is -0.260. The molecule has 0 heterocycles. The van der Waals surface area contributed by atoms with E-state index in [0.29, 0.717) is 0 Å². The molecule has 15 heavy (non-hydrogen) atoms. The minimum Gasteiger partial charge on any atom is -0.299 e. The summed E-state index contributed by atoms with van der Waals surface area (Å²) >= 11 is 3.64. The Kier molecular flexibility index (Phi) is 4.09. The second-order valence-corrected chi connectivity index (χ2v) is 5.63. The molecule has 1 rings (SSSR count). The molecule has 1 unspecified atom stereocenters. The molecule has 1 aromatic rings. The Hall–Kier alpha value is -0.630. The zero-order valence-electron chi connectivity index (χ0n) is 9.46. The van der Waals surface area contributed by atoms with Gasteiger partial charge in [0.2, 0.25) is 0 Å². The summed E-state index contributed by atoms with van der Waals surface area (Å²) in [7, 11) is 0. The van der Waals surface area contributed by atoms with Gasteiger partial charge in [-0.05, 0) is 18.9 Å². The molecule has 0 saturated carbocycles. The van der Waals surface area contributed by atoms with Crippen molar-refractivity contribution in [1.82, 2.24) is 0 Å². The van der Waals surface area contributed by atoms with Crippen molar-refractivity contribution in [2.45, 2.75) is 32.0 Å². The van der Waals surface area contributed by atoms with Crippen molar-refractivity contribution in [3.8, 4) is 0 Å². The molecule has 1 atom stereocenters. The molecule has 1 aromatic carbocycles. The highest BCUT2D eigenvalue weighted by atomic mass is 79.9. The monoisotopic (exact) mass is 268 g/mol. The van der Waals surface area contributed by atoms with Gasteiger partial charge in [0.05, 0.1) is 0 Å². The van der Waals surface area contributed by atoms with Crippen LogP contribution in [-0.4, -0.2) is 5.78 Å². The number of halogens is 1. The van der Waals surface area contributed by atoms with E-state index in [-0.39, 0.29) is 16.0 Å². The lowest BCUT2D eigenvalue weighted by Gasteiger charge is -2.24. The van der Waals surface area contributed by atoms with Gasteiger partial charge in [-0.25, -0.2) is 0 Å². The average Bonchev–Trinajstić information content (AvgIpc) is 2.18. The standard InChI is InChI=1S/C13H17BrO/c1-10(15)13(2,3)9-12(14)11-7-5-4-6-8-11/h4-8,12H,9H2,1-3H3. The average molecular weight is 269 g/mol. The predicted molar refractivity (Wildman–Crippen MR) is 67.2 cm³/mol. The molecule has 0 amide bonds. The largest absolute Gasteiger partial charge is 0.299 e. The summed E-state index contributed by atoms with van der Waals surface area (Å²) in [6, 6.07) is 10.2. The van der Waals surface area contributed by atoms with Crippen molar-refractivity contribution in [3.05, 3.63) is 35.9 Å². The number of carbonyl (C=O) groups is 1. The van der Waals surface area contributed by atoms with E-state index in [2.05, 4.69) is 28.1 Å². The summed E-state index contributed by atoms with van der Waals surface area (Å²) in [5, 5.41) is 0. The van der Waals surface area contributed by atoms with E-state index >= 15 is 0 Å². The van der Waals surface area contributed by atoms with Crippen LogP contribution in [0.5, 0.6) is 0 Å². The first-order valence-electron chi connectivity index (χ1n) is 5.13. The molecule has 0 radical (unpaired) electrons. The van der Waals surface area contributed by atoms with Crippen LogP contribution >= 0.6 is 15.9 Å². The van der Waals surface area contributed by atoms with E-state index in [0.717, 1.165) is 6.42 Å². The minimum absolute atomic E-state index is 0.239. The first-order valence-corrected chi connectivity index (χ1v) is 6.05. The van der Waals surface area contributed by atoms with Crippen LogP contribution in [0.4, 0.5) is 0 Å². The number of hydrogen-bond acceptors (Lipinski definition) is 1. The third-order valence-corrected chi connectivity index (χ3v) is 3.66. The molecule has 0 aliphatic rings. The highest BCUT2D eigenvalue weighted by Crippen LogP contribution is 2.36. The second-order valence-electron chi connectivity index (χ2n) is 4.52. The van der Waals surface area contributed by atoms with E-state index < -0.39 is 0 Å². The Bertz CT molecular complexity index is 330. The van der Waals surface area contributed by atoms with Crippen molar-refractivity contribution >= 4 is 21.7 Å². The van der Waals surface area contributed by atoms with Crippen molar-refractivity contribution in [3.63, 3.8) is 0 Å². The molecule has 0 aliphatic carbocycles. The highest BCUT2D eigenvalue weighted by molar-refractivity contribution is 9.09. The van der Waals surface area contributed by atoms with E-state index in [9.17, 15) is 4.79 Å². The molecule has 0 spiro atoms. The van der Waals surface area contributed by atoms with Crippen LogP contribution < -0.4 is 0 Å². The van der Waals surface area contributed by atoms with Gasteiger partial charge < -0.3 is 0 Å². The van der Waals surface area contributed by atoms with Crippen LogP contribution in [-0.2, 0) is 4.79 Å². The maximum atomic E-state index is 11.4. The maximum Gasteiger partial charge on any atom is 0.135 e. The van der Waals surface area contributed by atoms with Gasteiger partial charge in [-0.3, -0.25) is 4.79 Å². The first kappa shape index (κ1) is 12.4. The number of hydrogen-bond donors (Lipinski definition) is 0. The van der Waals surface area contributed by atoms with Crippen molar-refractivity contribution in [1.29, 1.82) is 0 Å². The summed E-state index contributed by atoms with van der Waals surface area (Å²) in [5.74, 6) is 0.239. The smallest absolute Gasteiger partial charge is 0.135 e. The lowest BCUT2D eigenvalue weighted by Crippen LogP contribution is -2.22. The fourth-order valence-electron chi connectivity index (χ4n) is 1.37. The predicted octanol–water partition coefficient (Wildman–Crippen LogP) is 4.13. The normalized spacial score (nSPS) is 13.6. The molecule has 0 aromatic heterocycles. The summed E-state index contributed by atoms with van der Waals surface area (Å²) in [6.07, 6.45) is 0.826. The maximum absolute atomic E-state index is 11.4. The molecule has 82 valence electrons. The molecular formula is C13H17BrO. The molecule has 0 fully saturated rings. The summed E-state index contributed by atoms with van der Waals surface area (Å²) < 4.78 is 0. The van der Waals surface area contributed by atoms with Crippen LogP contribution in [0.1, 0.15) is 37.6 Å². The Morgan fingerprint density at radius 3 is 2.33 bits per heavy atom. The summed E-state index contributed by atoms with van der Waals surface area (Å²) in [4.78, 5) is 11.7. The molecule has 0 bridgehead atoms. The van der Waals surface area contributed by atoms with E-state index in [4.69, 9.17) is 0 Å². The Balaban J connectivity index is 2.72.